The number of nitrogens with one attached hydrogen (secondary N) is 1. The van der Waals surface area contributed by atoms with Gasteiger partial charge in [0.25, 0.3) is 0 Å². The molecule has 2 unspecified atom stereocenters. The normalized spacial score (nSPS) is 30.9. The fraction of sp³-hybridized carbons (Fsp3) is 1.00. The molecule has 17 heavy (non-hydrogen) atoms. The third-order valence-corrected chi connectivity index (χ3v) is 4.64. The lowest BCUT2D eigenvalue weighted by molar-refractivity contribution is 0.124. The summed E-state index contributed by atoms with van der Waals surface area (Å²) in [6.45, 7) is 12.4. The van der Waals surface area contributed by atoms with E-state index < -0.39 is 0 Å². The molecule has 2 heterocycles. The molecule has 0 radical (unpaired) electrons. The van der Waals surface area contributed by atoms with Crippen LogP contribution in [0.2, 0.25) is 0 Å². The van der Waals surface area contributed by atoms with Crippen LogP contribution in [-0.2, 0) is 0 Å². The molecule has 2 rings (SSSR count). The summed E-state index contributed by atoms with van der Waals surface area (Å²) in [5.74, 6) is 1.78. The maximum absolute atomic E-state index is 3.40. The third kappa shape index (κ3) is 3.43. The molecular weight excluding hydrogens is 210 g/mol. The van der Waals surface area contributed by atoms with E-state index in [-0.39, 0.29) is 0 Å². The number of hydrogen-bond donors (Lipinski definition) is 1. The van der Waals surface area contributed by atoms with Crippen molar-refractivity contribution >= 4 is 0 Å². The molecule has 0 aromatic carbocycles. The molecule has 3 nitrogen and oxygen atoms in total. The van der Waals surface area contributed by atoms with E-state index in [4.69, 9.17) is 0 Å². The van der Waals surface area contributed by atoms with Crippen LogP contribution in [0.1, 0.15) is 26.7 Å². The summed E-state index contributed by atoms with van der Waals surface area (Å²) in [5.41, 5.74) is 0. The van der Waals surface area contributed by atoms with Crippen molar-refractivity contribution in [1.29, 1.82) is 0 Å². The van der Waals surface area contributed by atoms with Crippen LogP contribution in [-0.4, -0.2) is 62.2 Å². The molecule has 0 spiro atoms. The highest BCUT2D eigenvalue weighted by Gasteiger charge is 2.28. The molecule has 2 saturated heterocycles. The molecule has 0 aromatic rings. The zero-order chi connectivity index (χ0) is 12.3. The first-order valence-corrected chi connectivity index (χ1v) is 7.34. The smallest absolute Gasteiger partial charge is 0.0220 e. The van der Waals surface area contributed by atoms with Crippen LogP contribution in [0.4, 0.5) is 0 Å². The van der Waals surface area contributed by atoms with E-state index in [9.17, 15) is 0 Å². The van der Waals surface area contributed by atoms with Gasteiger partial charge in [-0.25, -0.2) is 0 Å². The molecule has 3 heteroatoms. The Morgan fingerprint density at radius 1 is 1.29 bits per heavy atom. The van der Waals surface area contributed by atoms with Crippen molar-refractivity contribution in [2.24, 2.45) is 11.8 Å². The summed E-state index contributed by atoms with van der Waals surface area (Å²) < 4.78 is 0. The van der Waals surface area contributed by atoms with Crippen molar-refractivity contribution in [3.8, 4) is 0 Å². The molecule has 2 fully saturated rings. The van der Waals surface area contributed by atoms with Crippen molar-refractivity contribution < 1.29 is 0 Å². The molecular formula is C14H29N3. The number of hydrogen-bond acceptors (Lipinski definition) is 3. The average molecular weight is 239 g/mol. The maximum Gasteiger partial charge on any atom is 0.0220 e. The Kier molecular flexibility index (Phi) is 4.83. The fourth-order valence-corrected chi connectivity index (χ4v) is 3.15. The molecule has 2 aliphatic heterocycles. The van der Waals surface area contributed by atoms with E-state index in [1.165, 1.54) is 52.1 Å². The van der Waals surface area contributed by atoms with Gasteiger partial charge in [0.15, 0.2) is 0 Å². The maximum atomic E-state index is 3.40. The van der Waals surface area contributed by atoms with Crippen LogP contribution in [0.3, 0.4) is 0 Å². The van der Waals surface area contributed by atoms with Gasteiger partial charge in [0.05, 0.1) is 0 Å². The Morgan fingerprint density at radius 3 is 2.65 bits per heavy atom. The number of likely N-dealkylation sites (N-methyl/N-ethyl adjacent to an activating group) is 1. The van der Waals surface area contributed by atoms with Crippen LogP contribution in [0.15, 0.2) is 0 Å². The van der Waals surface area contributed by atoms with Gasteiger partial charge in [-0.1, -0.05) is 13.8 Å². The topological polar surface area (TPSA) is 18.5 Å². The van der Waals surface area contributed by atoms with Gasteiger partial charge in [-0.15, -0.1) is 0 Å². The van der Waals surface area contributed by atoms with E-state index >= 15 is 0 Å². The largest absolute Gasteiger partial charge is 0.316 e. The standard InChI is InChI=1S/C14H29N3/c1-4-14-11-16(3)6-5-7-17(14)10-12(2)13-8-15-9-13/h12-15H,4-11H2,1-3H3. The van der Waals surface area contributed by atoms with Crippen LogP contribution >= 0.6 is 0 Å². The summed E-state index contributed by atoms with van der Waals surface area (Å²) in [5, 5.41) is 3.40. The number of rotatable bonds is 4. The lowest BCUT2D eigenvalue weighted by Gasteiger charge is -2.38. The lowest BCUT2D eigenvalue weighted by atomic mass is 9.88. The zero-order valence-corrected chi connectivity index (χ0v) is 11.8. The van der Waals surface area contributed by atoms with E-state index in [1.807, 2.05) is 0 Å². The molecule has 1 N–H and O–H groups in total. The first-order valence-electron chi connectivity index (χ1n) is 7.34. The van der Waals surface area contributed by atoms with E-state index in [0.29, 0.717) is 0 Å². The Morgan fingerprint density at radius 2 is 2.06 bits per heavy atom. The highest BCUT2D eigenvalue weighted by atomic mass is 15.2. The van der Waals surface area contributed by atoms with Crippen LogP contribution in [0.25, 0.3) is 0 Å². The predicted octanol–water partition coefficient (Wildman–Crippen LogP) is 1.26. The Hall–Kier alpha value is -0.120. The summed E-state index contributed by atoms with van der Waals surface area (Å²) in [7, 11) is 2.27. The first-order chi connectivity index (χ1) is 8.20. The Labute approximate surface area is 107 Å². The number of nitrogens with zero attached hydrogens (tertiary/aromatic N) is 2. The third-order valence-electron chi connectivity index (χ3n) is 4.64. The van der Waals surface area contributed by atoms with Gasteiger partial charge in [0.2, 0.25) is 0 Å². The fourth-order valence-electron chi connectivity index (χ4n) is 3.15. The van der Waals surface area contributed by atoms with Crippen LogP contribution < -0.4 is 5.32 Å². The van der Waals surface area contributed by atoms with Crippen LogP contribution in [0, 0.1) is 11.8 Å². The molecule has 2 atom stereocenters. The monoisotopic (exact) mass is 239 g/mol. The molecule has 0 aromatic heterocycles. The van der Waals surface area contributed by atoms with E-state index in [2.05, 4.69) is 36.0 Å². The molecule has 0 bridgehead atoms. The summed E-state index contributed by atoms with van der Waals surface area (Å²) in [6.07, 6.45) is 2.63. The summed E-state index contributed by atoms with van der Waals surface area (Å²) >= 11 is 0. The molecule has 100 valence electrons. The van der Waals surface area contributed by atoms with Gasteiger partial charge in [-0.2, -0.15) is 0 Å². The molecule has 0 aliphatic carbocycles. The van der Waals surface area contributed by atoms with Gasteiger partial charge in [0, 0.05) is 19.1 Å². The predicted molar refractivity (Wildman–Crippen MR) is 73.3 cm³/mol. The summed E-state index contributed by atoms with van der Waals surface area (Å²) in [4.78, 5) is 5.26. The van der Waals surface area contributed by atoms with Crippen molar-refractivity contribution in [3.05, 3.63) is 0 Å². The van der Waals surface area contributed by atoms with E-state index in [1.54, 1.807) is 0 Å². The van der Waals surface area contributed by atoms with Crippen molar-refractivity contribution in [2.75, 3.05) is 46.3 Å². The molecule has 0 amide bonds. The van der Waals surface area contributed by atoms with Crippen molar-refractivity contribution in [1.82, 2.24) is 15.1 Å². The van der Waals surface area contributed by atoms with Crippen molar-refractivity contribution in [2.45, 2.75) is 32.7 Å². The van der Waals surface area contributed by atoms with Gasteiger partial charge >= 0.3 is 0 Å². The summed E-state index contributed by atoms with van der Waals surface area (Å²) in [6, 6.07) is 0.776. The minimum absolute atomic E-state index is 0.776. The van der Waals surface area contributed by atoms with Gasteiger partial charge < -0.3 is 10.2 Å². The Balaban J connectivity index is 1.87. The minimum atomic E-state index is 0.776. The first kappa shape index (κ1) is 13.3. The minimum Gasteiger partial charge on any atom is -0.316 e. The highest BCUT2D eigenvalue weighted by molar-refractivity contribution is 4.84. The quantitative estimate of drug-likeness (QED) is 0.797. The molecule has 2 aliphatic rings. The van der Waals surface area contributed by atoms with Crippen molar-refractivity contribution in [3.63, 3.8) is 0 Å². The van der Waals surface area contributed by atoms with E-state index in [0.717, 1.165) is 17.9 Å². The molecule has 0 saturated carbocycles. The second-order valence-electron chi connectivity index (χ2n) is 6.07. The second kappa shape index (κ2) is 6.17. The zero-order valence-electron chi connectivity index (χ0n) is 11.8. The Bertz CT molecular complexity index is 228. The highest BCUT2D eigenvalue weighted by Crippen LogP contribution is 2.20. The SMILES string of the molecule is CCC1CN(C)CCCN1CC(C)C1CNC1. The van der Waals surface area contributed by atoms with Crippen LogP contribution in [0.5, 0.6) is 0 Å². The lowest BCUT2D eigenvalue weighted by Crippen LogP contribution is -2.50. The van der Waals surface area contributed by atoms with Gasteiger partial charge in [0.1, 0.15) is 0 Å². The van der Waals surface area contributed by atoms with Gasteiger partial charge in [-0.3, -0.25) is 4.90 Å². The second-order valence-corrected chi connectivity index (χ2v) is 6.07. The van der Waals surface area contributed by atoms with Gasteiger partial charge in [-0.05, 0) is 57.9 Å². The average Bonchev–Trinajstić information content (AvgIpc) is 2.38.